The van der Waals surface area contributed by atoms with Gasteiger partial charge in [0, 0.05) is 25.2 Å². The van der Waals surface area contributed by atoms with E-state index < -0.39 is 5.60 Å². The first-order valence-electron chi connectivity index (χ1n) is 12.7. The fourth-order valence-corrected chi connectivity index (χ4v) is 7.33. The van der Waals surface area contributed by atoms with Crippen molar-refractivity contribution < 1.29 is 19.1 Å². The summed E-state index contributed by atoms with van der Waals surface area (Å²) in [7, 11) is 0. The quantitative estimate of drug-likeness (QED) is 0.197. The van der Waals surface area contributed by atoms with Crippen molar-refractivity contribution in [1.82, 2.24) is 0 Å². The van der Waals surface area contributed by atoms with E-state index in [1.807, 2.05) is 48.5 Å². The van der Waals surface area contributed by atoms with Crippen molar-refractivity contribution in [2.24, 2.45) is 11.8 Å². The van der Waals surface area contributed by atoms with Crippen LogP contribution < -0.4 is 4.74 Å². The molecule has 3 heterocycles. The number of hydrogen-bond donors (Lipinski definition) is 1. The standard InChI is InChI=1S/C28H37BrNO3/c29-27-26(33-21-28(31,24-11-7-12-24)23-9-3-1-4-10-23)22-15-18-30(27,19-16-22)17-8-20-32-25-13-5-2-6-14-25/h1-6,9-10,13-14,22,24,26-27,31H,7-8,11-12,15-21H2/q+1/t22?,26-,27-,28?,30?/m1/s1. The van der Waals surface area contributed by atoms with Gasteiger partial charge in [0.05, 0.1) is 32.8 Å². The molecule has 4 nitrogen and oxygen atoms in total. The van der Waals surface area contributed by atoms with E-state index in [4.69, 9.17) is 9.47 Å². The summed E-state index contributed by atoms with van der Waals surface area (Å²) in [6, 6.07) is 20.3. The Balaban J connectivity index is 1.21. The zero-order valence-electron chi connectivity index (χ0n) is 19.4. The van der Waals surface area contributed by atoms with E-state index in [2.05, 4.69) is 28.1 Å². The Hall–Kier alpha value is -1.40. The van der Waals surface area contributed by atoms with E-state index in [1.165, 1.54) is 32.4 Å². The number of alkyl halides is 1. The highest BCUT2D eigenvalue weighted by molar-refractivity contribution is 9.09. The molecule has 2 aromatic carbocycles. The van der Waals surface area contributed by atoms with Crippen LogP contribution in [0, 0.1) is 11.8 Å². The smallest absolute Gasteiger partial charge is 0.171 e. The summed E-state index contributed by atoms with van der Waals surface area (Å²) >= 11 is 4.08. The highest BCUT2D eigenvalue weighted by Gasteiger charge is 2.54. The van der Waals surface area contributed by atoms with Gasteiger partial charge in [-0.1, -0.05) is 55.0 Å². The number of aliphatic hydroxyl groups is 1. The van der Waals surface area contributed by atoms with Crippen LogP contribution in [0.2, 0.25) is 0 Å². The highest BCUT2D eigenvalue weighted by atomic mass is 79.9. The number of piperidine rings is 3. The first-order valence-corrected chi connectivity index (χ1v) is 13.6. The number of fused-ring (bicyclic) bond motifs is 3. The Morgan fingerprint density at radius 3 is 2.24 bits per heavy atom. The lowest BCUT2D eigenvalue weighted by Gasteiger charge is -2.56. The fraction of sp³-hybridized carbons (Fsp3) is 0.571. The molecule has 1 saturated carbocycles. The molecule has 33 heavy (non-hydrogen) atoms. The molecule has 0 spiro atoms. The van der Waals surface area contributed by atoms with Gasteiger partial charge >= 0.3 is 0 Å². The third-order valence-corrected chi connectivity index (χ3v) is 9.85. The van der Waals surface area contributed by atoms with Crippen molar-refractivity contribution in [1.29, 1.82) is 0 Å². The lowest BCUT2D eigenvalue weighted by Crippen LogP contribution is -2.68. The maximum Gasteiger partial charge on any atom is 0.171 e. The van der Waals surface area contributed by atoms with Gasteiger partial charge in [-0.05, 0) is 52.4 Å². The predicted molar refractivity (Wildman–Crippen MR) is 134 cm³/mol. The van der Waals surface area contributed by atoms with E-state index in [0.717, 1.165) is 48.2 Å². The van der Waals surface area contributed by atoms with Crippen molar-refractivity contribution in [3.8, 4) is 5.75 Å². The van der Waals surface area contributed by atoms with Crippen LogP contribution in [0.1, 0.15) is 44.1 Å². The number of quaternary nitrogens is 1. The number of halogens is 1. The first kappa shape index (κ1) is 23.3. The van der Waals surface area contributed by atoms with Crippen LogP contribution in [0.25, 0.3) is 0 Å². The maximum absolute atomic E-state index is 11.8. The lowest BCUT2D eigenvalue weighted by molar-refractivity contribution is -0.955. The average Bonchev–Trinajstić information content (AvgIpc) is 2.82. The minimum absolute atomic E-state index is 0.151. The maximum atomic E-state index is 11.8. The van der Waals surface area contributed by atoms with E-state index in [0.29, 0.717) is 18.4 Å². The van der Waals surface area contributed by atoms with Crippen molar-refractivity contribution in [2.75, 3.05) is 32.8 Å². The molecule has 6 rings (SSSR count). The normalized spacial score (nSPS) is 31.0. The topological polar surface area (TPSA) is 38.7 Å². The van der Waals surface area contributed by atoms with Crippen molar-refractivity contribution >= 4 is 15.9 Å². The molecule has 4 fully saturated rings. The summed E-state index contributed by atoms with van der Waals surface area (Å²) in [5.74, 6) is 1.83. The second kappa shape index (κ2) is 10.1. The molecule has 1 N–H and O–H groups in total. The molecule has 3 atom stereocenters. The van der Waals surface area contributed by atoms with Gasteiger partial charge in [0.15, 0.2) is 4.95 Å². The molecule has 1 aliphatic carbocycles. The molecule has 178 valence electrons. The third-order valence-electron chi connectivity index (χ3n) is 8.46. The number of rotatable bonds is 10. The van der Waals surface area contributed by atoms with Gasteiger partial charge in [-0.2, -0.15) is 0 Å². The highest BCUT2D eigenvalue weighted by Crippen LogP contribution is 2.46. The van der Waals surface area contributed by atoms with Gasteiger partial charge in [-0.25, -0.2) is 0 Å². The summed E-state index contributed by atoms with van der Waals surface area (Å²) in [4.78, 5) is 0.281. The molecule has 4 aliphatic rings. The summed E-state index contributed by atoms with van der Waals surface area (Å²) in [6.07, 6.45) is 6.98. The summed E-state index contributed by atoms with van der Waals surface area (Å²) in [5.41, 5.74) is 0.121. The monoisotopic (exact) mass is 514 g/mol. The number of benzene rings is 2. The van der Waals surface area contributed by atoms with E-state index in [9.17, 15) is 5.11 Å². The molecule has 5 heteroatoms. The van der Waals surface area contributed by atoms with E-state index >= 15 is 0 Å². The Morgan fingerprint density at radius 2 is 1.61 bits per heavy atom. The third kappa shape index (κ3) is 4.75. The summed E-state index contributed by atoms with van der Waals surface area (Å²) in [6.45, 7) is 4.64. The van der Waals surface area contributed by atoms with Crippen LogP contribution in [-0.4, -0.2) is 53.5 Å². The number of hydrogen-bond acceptors (Lipinski definition) is 3. The number of ether oxygens (including phenoxy) is 2. The van der Waals surface area contributed by atoms with Crippen LogP contribution >= 0.6 is 15.9 Å². The average molecular weight is 516 g/mol. The predicted octanol–water partition coefficient (Wildman–Crippen LogP) is 5.49. The Labute approximate surface area is 206 Å². The molecule has 1 unspecified atom stereocenters. The molecular weight excluding hydrogens is 478 g/mol. The van der Waals surface area contributed by atoms with Gasteiger partial charge in [-0.15, -0.1) is 0 Å². The van der Waals surface area contributed by atoms with Crippen LogP contribution in [0.3, 0.4) is 0 Å². The van der Waals surface area contributed by atoms with Crippen molar-refractivity contribution in [3.05, 3.63) is 66.2 Å². The van der Waals surface area contributed by atoms with Crippen LogP contribution in [-0.2, 0) is 10.3 Å². The minimum atomic E-state index is -0.882. The van der Waals surface area contributed by atoms with Gasteiger partial charge in [-0.3, -0.25) is 0 Å². The van der Waals surface area contributed by atoms with Gasteiger partial charge in [0.25, 0.3) is 0 Å². The van der Waals surface area contributed by atoms with E-state index in [1.54, 1.807) is 0 Å². The molecule has 2 bridgehead atoms. The first-order chi connectivity index (χ1) is 16.1. The largest absolute Gasteiger partial charge is 0.493 e. The molecule has 3 aliphatic heterocycles. The van der Waals surface area contributed by atoms with Crippen molar-refractivity contribution in [3.63, 3.8) is 0 Å². The fourth-order valence-electron chi connectivity index (χ4n) is 6.13. The van der Waals surface area contributed by atoms with Crippen LogP contribution in [0.15, 0.2) is 60.7 Å². The van der Waals surface area contributed by atoms with E-state index in [-0.39, 0.29) is 11.1 Å². The lowest BCUT2D eigenvalue weighted by atomic mass is 9.70. The molecule has 0 radical (unpaired) electrons. The second-order valence-electron chi connectivity index (χ2n) is 10.3. The molecule has 2 aromatic rings. The van der Waals surface area contributed by atoms with Gasteiger partial charge in [0.1, 0.15) is 17.5 Å². The molecule has 3 saturated heterocycles. The summed E-state index contributed by atoms with van der Waals surface area (Å²) < 4.78 is 13.7. The zero-order valence-corrected chi connectivity index (χ0v) is 21.0. The molecule has 0 amide bonds. The number of para-hydroxylation sites is 1. The Kier molecular flexibility index (Phi) is 7.12. The van der Waals surface area contributed by atoms with Gasteiger partial charge < -0.3 is 19.1 Å². The zero-order chi connectivity index (χ0) is 22.7. The van der Waals surface area contributed by atoms with Crippen LogP contribution in [0.4, 0.5) is 0 Å². The van der Waals surface area contributed by atoms with Crippen molar-refractivity contribution in [2.45, 2.75) is 55.2 Å². The summed E-state index contributed by atoms with van der Waals surface area (Å²) in [5, 5.41) is 11.8. The van der Waals surface area contributed by atoms with Gasteiger partial charge in [0.2, 0.25) is 0 Å². The number of nitrogens with zero attached hydrogens (tertiary/aromatic N) is 1. The second-order valence-corrected chi connectivity index (χ2v) is 11.2. The Bertz CT molecular complexity index is 883. The Morgan fingerprint density at radius 1 is 0.939 bits per heavy atom. The SMILES string of the molecule is OC(CO[C@@H]1C2CC[N+](CCCOc3ccccc3)(CC2)[C@H]1Br)(c1ccccc1)C1CCC1. The minimum Gasteiger partial charge on any atom is -0.493 e. The molecular formula is C28H37BrNO3+. The van der Waals surface area contributed by atoms with Crippen LogP contribution in [0.5, 0.6) is 5.75 Å². The molecule has 0 aromatic heterocycles.